The van der Waals surface area contributed by atoms with E-state index in [1.54, 1.807) is 30.3 Å². The van der Waals surface area contributed by atoms with E-state index in [9.17, 15) is 14.4 Å². The topological polar surface area (TPSA) is 84.9 Å². The number of imide groups is 1. The number of aryl methyl sites for hydroxylation is 3. The van der Waals surface area contributed by atoms with E-state index in [0.717, 1.165) is 34.1 Å². The largest absolute Gasteiger partial charge is 0.492 e. The SMILES string of the molecule is Cc1ccc(OCCN2C(=O)S/C(=C\c3ccccc3OCC(=O)Nc3ccc(C)cc3C)C2=O)cc1. The van der Waals surface area contributed by atoms with Crippen molar-refractivity contribution in [2.75, 3.05) is 25.1 Å². The number of nitrogens with one attached hydrogen (secondary N) is 1. The summed E-state index contributed by atoms with van der Waals surface area (Å²) in [6, 6.07) is 20.4. The number of hydrogen-bond acceptors (Lipinski definition) is 6. The summed E-state index contributed by atoms with van der Waals surface area (Å²) in [5.41, 5.74) is 4.53. The number of ether oxygens (including phenoxy) is 2. The van der Waals surface area contributed by atoms with Crippen molar-refractivity contribution in [2.24, 2.45) is 0 Å². The number of carbonyl (C=O) groups excluding carboxylic acids is 3. The predicted octanol–water partition coefficient (Wildman–Crippen LogP) is 5.74. The molecule has 0 radical (unpaired) electrons. The number of para-hydroxylation sites is 1. The fourth-order valence-corrected chi connectivity index (χ4v) is 4.59. The minimum absolute atomic E-state index is 0.145. The first-order valence-corrected chi connectivity index (χ1v) is 12.7. The first-order valence-electron chi connectivity index (χ1n) is 11.8. The summed E-state index contributed by atoms with van der Waals surface area (Å²) in [6.07, 6.45) is 1.61. The summed E-state index contributed by atoms with van der Waals surface area (Å²) in [5.74, 6) is 0.439. The zero-order valence-corrected chi connectivity index (χ0v) is 21.8. The molecule has 190 valence electrons. The van der Waals surface area contributed by atoms with E-state index < -0.39 is 0 Å². The van der Waals surface area contributed by atoms with Crippen molar-refractivity contribution < 1.29 is 23.9 Å². The number of anilines is 1. The van der Waals surface area contributed by atoms with E-state index in [1.807, 2.05) is 63.2 Å². The molecule has 0 spiro atoms. The van der Waals surface area contributed by atoms with Crippen LogP contribution < -0.4 is 14.8 Å². The Morgan fingerprint density at radius 2 is 1.68 bits per heavy atom. The van der Waals surface area contributed by atoms with Crippen molar-refractivity contribution in [1.29, 1.82) is 0 Å². The lowest BCUT2D eigenvalue weighted by atomic mass is 10.1. The highest BCUT2D eigenvalue weighted by molar-refractivity contribution is 8.18. The molecule has 3 aromatic carbocycles. The molecule has 3 amide bonds. The lowest BCUT2D eigenvalue weighted by molar-refractivity contribution is -0.123. The number of carbonyl (C=O) groups is 3. The van der Waals surface area contributed by atoms with Crippen molar-refractivity contribution in [2.45, 2.75) is 20.8 Å². The number of rotatable bonds is 9. The molecule has 1 aliphatic rings. The molecule has 1 heterocycles. The Labute approximate surface area is 220 Å². The molecule has 0 aromatic heterocycles. The molecule has 8 heteroatoms. The molecule has 3 aromatic rings. The number of hydrogen-bond donors (Lipinski definition) is 1. The van der Waals surface area contributed by atoms with E-state index in [4.69, 9.17) is 9.47 Å². The normalized spacial score (nSPS) is 14.2. The number of amides is 3. The van der Waals surface area contributed by atoms with Crippen LogP contribution in [0.2, 0.25) is 0 Å². The molecule has 7 nitrogen and oxygen atoms in total. The van der Waals surface area contributed by atoms with Crippen molar-refractivity contribution in [3.8, 4) is 11.5 Å². The summed E-state index contributed by atoms with van der Waals surface area (Å²) in [4.78, 5) is 39.3. The van der Waals surface area contributed by atoms with Gasteiger partial charge in [0, 0.05) is 11.3 Å². The molecule has 1 saturated heterocycles. The molecule has 0 aliphatic carbocycles. The van der Waals surface area contributed by atoms with E-state index in [2.05, 4.69) is 5.32 Å². The minimum Gasteiger partial charge on any atom is -0.492 e. The van der Waals surface area contributed by atoms with Crippen molar-refractivity contribution >= 4 is 40.6 Å². The van der Waals surface area contributed by atoms with E-state index in [1.165, 1.54) is 4.90 Å². The van der Waals surface area contributed by atoms with Crippen LogP contribution in [-0.2, 0) is 9.59 Å². The molecule has 1 fully saturated rings. The van der Waals surface area contributed by atoms with Crippen LogP contribution in [0.3, 0.4) is 0 Å². The van der Waals surface area contributed by atoms with Gasteiger partial charge in [-0.2, -0.15) is 0 Å². The van der Waals surface area contributed by atoms with Gasteiger partial charge in [0.25, 0.3) is 17.1 Å². The Balaban J connectivity index is 1.37. The van der Waals surface area contributed by atoms with Gasteiger partial charge in [-0.25, -0.2) is 0 Å². The van der Waals surface area contributed by atoms with Crippen molar-refractivity contribution in [1.82, 2.24) is 4.90 Å². The predicted molar refractivity (Wildman–Crippen MR) is 146 cm³/mol. The van der Waals surface area contributed by atoms with Crippen LogP contribution >= 0.6 is 11.8 Å². The zero-order chi connectivity index (χ0) is 26.4. The molecule has 1 N–H and O–H groups in total. The maximum atomic E-state index is 12.9. The molecule has 0 unspecified atom stereocenters. The number of thioether (sulfide) groups is 1. The summed E-state index contributed by atoms with van der Waals surface area (Å²) in [7, 11) is 0. The summed E-state index contributed by atoms with van der Waals surface area (Å²) in [5, 5.41) is 2.50. The van der Waals surface area contributed by atoms with Crippen molar-refractivity contribution in [3.63, 3.8) is 0 Å². The van der Waals surface area contributed by atoms with E-state index >= 15 is 0 Å². The first kappa shape index (κ1) is 26.0. The van der Waals surface area contributed by atoms with E-state index in [0.29, 0.717) is 17.1 Å². The molecule has 1 aliphatic heterocycles. The van der Waals surface area contributed by atoms with Crippen LogP contribution in [-0.4, -0.2) is 41.7 Å². The molecular weight excluding hydrogens is 488 g/mol. The standard InChI is InChI=1S/C29H28N2O5S/c1-19-8-11-23(12-9-19)35-15-14-31-28(33)26(37-29(31)34)17-22-6-4-5-7-25(22)36-18-27(32)30-24-13-10-20(2)16-21(24)3/h4-13,16-17H,14-15,18H2,1-3H3,(H,30,32)/b26-17-. The van der Waals surface area contributed by atoms with Crippen LogP contribution in [0.5, 0.6) is 11.5 Å². The second-order valence-corrected chi connectivity index (χ2v) is 9.68. The highest BCUT2D eigenvalue weighted by Gasteiger charge is 2.35. The zero-order valence-electron chi connectivity index (χ0n) is 20.9. The first-order chi connectivity index (χ1) is 17.8. The Hall–Kier alpha value is -4.04. The maximum Gasteiger partial charge on any atom is 0.293 e. The molecule has 0 bridgehead atoms. The van der Waals surface area contributed by atoms with Gasteiger partial charge in [0.05, 0.1) is 11.4 Å². The van der Waals surface area contributed by atoms with Gasteiger partial charge in [0.2, 0.25) is 0 Å². The molecule has 37 heavy (non-hydrogen) atoms. The number of nitrogens with zero attached hydrogens (tertiary/aromatic N) is 1. The van der Waals surface area contributed by atoms with Crippen LogP contribution in [0.1, 0.15) is 22.3 Å². The average molecular weight is 517 g/mol. The maximum absolute atomic E-state index is 12.9. The smallest absolute Gasteiger partial charge is 0.293 e. The average Bonchev–Trinajstić information content (AvgIpc) is 3.13. The summed E-state index contributed by atoms with van der Waals surface area (Å²) in [6.45, 7) is 6.06. The Kier molecular flexibility index (Phi) is 8.30. The Bertz CT molecular complexity index is 1350. The van der Waals surface area contributed by atoms with Crippen LogP contribution in [0.4, 0.5) is 10.5 Å². The van der Waals surface area contributed by atoms with E-state index in [-0.39, 0.29) is 41.7 Å². The molecule has 0 saturated carbocycles. The third-order valence-corrected chi connectivity index (χ3v) is 6.61. The second-order valence-electron chi connectivity index (χ2n) is 8.69. The fourth-order valence-electron chi connectivity index (χ4n) is 3.74. The third kappa shape index (κ3) is 6.80. The van der Waals surface area contributed by atoms with Gasteiger partial charge < -0.3 is 14.8 Å². The van der Waals surface area contributed by atoms with Crippen LogP contribution in [0.25, 0.3) is 6.08 Å². The lowest BCUT2D eigenvalue weighted by Gasteiger charge is -2.13. The van der Waals surface area contributed by atoms with Crippen LogP contribution in [0, 0.1) is 20.8 Å². The quantitative estimate of drug-likeness (QED) is 0.365. The van der Waals surface area contributed by atoms with Gasteiger partial charge >= 0.3 is 0 Å². The minimum atomic E-state index is -0.384. The second kappa shape index (κ2) is 11.8. The molecule has 0 atom stereocenters. The number of benzene rings is 3. The van der Waals surface area contributed by atoms with Gasteiger partial charge in [-0.1, -0.05) is 53.6 Å². The van der Waals surface area contributed by atoms with Gasteiger partial charge in [0.1, 0.15) is 18.1 Å². The van der Waals surface area contributed by atoms with Gasteiger partial charge in [-0.3, -0.25) is 19.3 Å². The monoisotopic (exact) mass is 516 g/mol. The van der Waals surface area contributed by atoms with Gasteiger partial charge in [0.15, 0.2) is 6.61 Å². The fraction of sp³-hybridized carbons (Fsp3) is 0.207. The van der Waals surface area contributed by atoms with Gasteiger partial charge in [-0.05, 0) is 68.4 Å². The van der Waals surface area contributed by atoms with Crippen molar-refractivity contribution in [3.05, 3.63) is 93.9 Å². The highest BCUT2D eigenvalue weighted by Crippen LogP contribution is 2.34. The Morgan fingerprint density at radius 1 is 0.946 bits per heavy atom. The van der Waals surface area contributed by atoms with Gasteiger partial charge in [-0.15, -0.1) is 0 Å². The highest BCUT2D eigenvalue weighted by atomic mass is 32.2. The lowest BCUT2D eigenvalue weighted by Crippen LogP contribution is -2.32. The van der Waals surface area contributed by atoms with Crippen LogP contribution in [0.15, 0.2) is 71.6 Å². The third-order valence-electron chi connectivity index (χ3n) is 5.70. The molecular formula is C29H28N2O5S. The Morgan fingerprint density at radius 3 is 2.43 bits per heavy atom. The summed E-state index contributed by atoms with van der Waals surface area (Å²) < 4.78 is 11.4. The molecule has 4 rings (SSSR count). The summed E-state index contributed by atoms with van der Waals surface area (Å²) >= 11 is 0.871.